The number of carbonyl (C=O) groups excluding carboxylic acids is 2. The molecule has 140 valence electrons. The van der Waals surface area contributed by atoms with E-state index in [4.69, 9.17) is 11.6 Å². The van der Waals surface area contributed by atoms with Crippen molar-refractivity contribution in [3.63, 3.8) is 0 Å². The van der Waals surface area contributed by atoms with Crippen LogP contribution >= 0.6 is 11.6 Å². The fraction of sp³-hybridized carbons (Fsp3) is 0.238. The Hall–Kier alpha value is -2.79. The second-order valence-electron chi connectivity index (χ2n) is 6.53. The van der Waals surface area contributed by atoms with Crippen LogP contribution in [0, 0.1) is 0 Å². The zero-order valence-corrected chi connectivity index (χ0v) is 15.7. The standard InChI is InChI=1S/C21H22ClN3O2/c1-14(17-7-6-15-4-2-3-5-18(15)12-17)24-25-20(26)13-23-21(27)16-8-10-19(22)11-9-16/h6-12,24H,1-5,13H2,(H,23,27)(H,25,26). The van der Waals surface area contributed by atoms with Crippen LogP contribution in [0.4, 0.5) is 0 Å². The van der Waals surface area contributed by atoms with Crippen molar-refractivity contribution in [3.8, 4) is 0 Å². The highest BCUT2D eigenvalue weighted by Gasteiger charge is 2.11. The van der Waals surface area contributed by atoms with Crippen molar-refractivity contribution in [3.05, 3.63) is 76.3 Å². The van der Waals surface area contributed by atoms with E-state index in [-0.39, 0.29) is 18.4 Å². The number of nitrogens with one attached hydrogen (secondary N) is 3. The topological polar surface area (TPSA) is 70.2 Å². The summed E-state index contributed by atoms with van der Waals surface area (Å²) in [5.74, 6) is -0.702. The number of hydrogen-bond acceptors (Lipinski definition) is 3. The van der Waals surface area contributed by atoms with Gasteiger partial charge in [0.2, 0.25) is 0 Å². The lowest BCUT2D eigenvalue weighted by Crippen LogP contribution is -2.42. The molecule has 2 aromatic carbocycles. The molecule has 6 heteroatoms. The van der Waals surface area contributed by atoms with E-state index in [9.17, 15) is 9.59 Å². The molecule has 0 radical (unpaired) electrons. The highest BCUT2D eigenvalue weighted by atomic mass is 35.5. The molecular weight excluding hydrogens is 362 g/mol. The summed E-state index contributed by atoms with van der Waals surface area (Å²) in [5, 5.41) is 3.11. The third-order valence-electron chi connectivity index (χ3n) is 4.57. The third kappa shape index (κ3) is 5.11. The maximum absolute atomic E-state index is 12.0. The summed E-state index contributed by atoms with van der Waals surface area (Å²) in [7, 11) is 0. The average Bonchev–Trinajstić information content (AvgIpc) is 2.70. The minimum atomic E-state index is -0.364. The van der Waals surface area contributed by atoms with Crippen LogP contribution in [0.1, 0.15) is 39.9 Å². The first kappa shape index (κ1) is 19.0. The monoisotopic (exact) mass is 383 g/mol. The molecule has 0 atom stereocenters. The van der Waals surface area contributed by atoms with Gasteiger partial charge in [-0.15, -0.1) is 0 Å². The fourth-order valence-electron chi connectivity index (χ4n) is 3.05. The van der Waals surface area contributed by atoms with Crippen molar-refractivity contribution in [2.24, 2.45) is 0 Å². The molecule has 2 aromatic rings. The Morgan fingerprint density at radius 3 is 2.33 bits per heavy atom. The zero-order valence-electron chi connectivity index (χ0n) is 15.0. The lowest BCUT2D eigenvalue weighted by molar-refractivity contribution is -0.120. The summed E-state index contributed by atoms with van der Waals surface area (Å²) in [6.07, 6.45) is 4.66. The molecule has 5 nitrogen and oxygen atoms in total. The lowest BCUT2D eigenvalue weighted by atomic mass is 9.90. The molecule has 27 heavy (non-hydrogen) atoms. The Morgan fingerprint density at radius 1 is 0.926 bits per heavy atom. The number of hydrogen-bond donors (Lipinski definition) is 3. The number of hydrazine groups is 1. The Kier molecular flexibility index (Phi) is 6.14. The van der Waals surface area contributed by atoms with Gasteiger partial charge in [-0.25, -0.2) is 0 Å². The van der Waals surface area contributed by atoms with Crippen LogP contribution in [0.2, 0.25) is 5.02 Å². The molecule has 3 rings (SSSR count). The molecule has 0 saturated heterocycles. The second-order valence-corrected chi connectivity index (χ2v) is 6.97. The quantitative estimate of drug-likeness (QED) is 0.671. The summed E-state index contributed by atoms with van der Waals surface area (Å²) in [6, 6.07) is 12.7. The number of benzene rings is 2. The van der Waals surface area contributed by atoms with Crippen molar-refractivity contribution < 1.29 is 9.59 Å². The average molecular weight is 384 g/mol. The largest absolute Gasteiger partial charge is 0.343 e. The van der Waals surface area contributed by atoms with E-state index in [0.29, 0.717) is 16.3 Å². The van der Waals surface area contributed by atoms with Gasteiger partial charge in [0.25, 0.3) is 11.8 Å². The van der Waals surface area contributed by atoms with Crippen LogP contribution in [0.3, 0.4) is 0 Å². The highest BCUT2D eigenvalue weighted by molar-refractivity contribution is 6.30. The van der Waals surface area contributed by atoms with Gasteiger partial charge < -0.3 is 5.32 Å². The number of amides is 2. The van der Waals surface area contributed by atoms with Gasteiger partial charge in [-0.1, -0.05) is 30.3 Å². The first-order chi connectivity index (χ1) is 13.0. The van der Waals surface area contributed by atoms with Crippen LogP contribution in [0.15, 0.2) is 49.0 Å². The van der Waals surface area contributed by atoms with Gasteiger partial charge in [0, 0.05) is 10.6 Å². The van der Waals surface area contributed by atoms with E-state index < -0.39 is 0 Å². The number of aryl methyl sites for hydroxylation is 2. The van der Waals surface area contributed by atoms with E-state index in [1.54, 1.807) is 24.3 Å². The van der Waals surface area contributed by atoms with Gasteiger partial charge in [-0.05, 0) is 72.7 Å². The van der Waals surface area contributed by atoms with Gasteiger partial charge in [0.1, 0.15) is 0 Å². The van der Waals surface area contributed by atoms with Crippen molar-refractivity contribution in [1.82, 2.24) is 16.2 Å². The summed E-state index contributed by atoms with van der Waals surface area (Å²) in [6.45, 7) is 3.82. The molecule has 0 aliphatic heterocycles. The smallest absolute Gasteiger partial charge is 0.257 e. The number of fused-ring (bicyclic) bond motifs is 1. The maximum Gasteiger partial charge on any atom is 0.257 e. The Labute approximate surface area is 163 Å². The van der Waals surface area contributed by atoms with Gasteiger partial charge in [-0.2, -0.15) is 0 Å². The van der Waals surface area contributed by atoms with E-state index in [2.05, 4.69) is 34.9 Å². The van der Waals surface area contributed by atoms with Crippen molar-refractivity contribution in [2.45, 2.75) is 25.7 Å². The fourth-order valence-corrected chi connectivity index (χ4v) is 3.17. The summed E-state index contributed by atoms with van der Waals surface area (Å²) >= 11 is 5.79. The van der Waals surface area contributed by atoms with Crippen molar-refractivity contribution >= 4 is 29.1 Å². The van der Waals surface area contributed by atoms with Gasteiger partial charge in [0.15, 0.2) is 0 Å². The molecule has 3 N–H and O–H groups in total. The maximum atomic E-state index is 12.0. The van der Waals surface area contributed by atoms with E-state index in [0.717, 1.165) is 18.4 Å². The zero-order chi connectivity index (χ0) is 19.2. The first-order valence-corrected chi connectivity index (χ1v) is 9.30. The predicted octanol–water partition coefficient (Wildman–Crippen LogP) is 3.24. The van der Waals surface area contributed by atoms with Crippen LogP contribution < -0.4 is 16.2 Å². The number of rotatable bonds is 6. The van der Waals surface area contributed by atoms with E-state index >= 15 is 0 Å². The van der Waals surface area contributed by atoms with Gasteiger partial charge in [0.05, 0.1) is 12.2 Å². The molecule has 0 spiro atoms. The Bertz CT molecular complexity index is 862. The third-order valence-corrected chi connectivity index (χ3v) is 4.82. The molecule has 1 aliphatic rings. The van der Waals surface area contributed by atoms with Crippen LogP contribution in [-0.4, -0.2) is 18.4 Å². The Balaban J connectivity index is 1.46. The molecule has 0 fully saturated rings. The van der Waals surface area contributed by atoms with Crippen LogP contribution in [0.5, 0.6) is 0 Å². The molecule has 0 unspecified atom stereocenters. The Morgan fingerprint density at radius 2 is 1.59 bits per heavy atom. The lowest BCUT2D eigenvalue weighted by Gasteiger charge is -2.18. The molecule has 2 amide bonds. The molecule has 0 heterocycles. The van der Waals surface area contributed by atoms with Gasteiger partial charge in [-0.3, -0.25) is 20.4 Å². The normalized spacial score (nSPS) is 12.6. The first-order valence-electron chi connectivity index (χ1n) is 8.92. The minimum absolute atomic E-state index is 0.147. The summed E-state index contributed by atoms with van der Waals surface area (Å²) < 4.78 is 0. The number of carbonyl (C=O) groups is 2. The molecule has 0 aromatic heterocycles. The molecule has 1 aliphatic carbocycles. The predicted molar refractivity (Wildman–Crippen MR) is 107 cm³/mol. The summed E-state index contributed by atoms with van der Waals surface area (Å²) in [5.41, 5.74) is 10.1. The van der Waals surface area contributed by atoms with Crippen LogP contribution in [0.25, 0.3) is 5.70 Å². The molecule has 0 bridgehead atoms. The van der Waals surface area contributed by atoms with E-state index in [1.807, 2.05) is 6.07 Å². The van der Waals surface area contributed by atoms with Crippen molar-refractivity contribution in [2.75, 3.05) is 6.54 Å². The minimum Gasteiger partial charge on any atom is -0.343 e. The molecule has 0 saturated carbocycles. The highest BCUT2D eigenvalue weighted by Crippen LogP contribution is 2.23. The number of halogens is 1. The second kappa shape index (κ2) is 8.73. The summed E-state index contributed by atoms with van der Waals surface area (Å²) in [4.78, 5) is 23.9. The molecular formula is C21H22ClN3O2. The van der Waals surface area contributed by atoms with Crippen LogP contribution in [-0.2, 0) is 17.6 Å². The SMILES string of the molecule is C=C(NNC(=O)CNC(=O)c1ccc(Cl)cc1)c1ccc2c(c1)CCCC2. The van der Waals surface area contributed by atoms with Crippen molar-refractivity contribution in [1.29, 1.82) is 0 Å². The van der Waals surface area contributed by atoms with E-state index in [1.165, 1.54) is 24.0 Å². The van der Waals surface area contributed by atoms with Gasteiger partial charge >= 0.3 is 0 Å².